The van der Waals surface area contributed by atoms with Crippen molar-refractivity contribution in [2.75, 3.05) is 0 Å². The zero-order valence-corrected chi connectivity index (χ0v) is 16.4. The Morgan fingerprint density at radius 1 is 0.367 bits per heavy atom. The Hall–Kier alpha value is -3.78. The predicted molar refractivity (Wildman–Crippen MR) is 121 cm³/mol. The largest absolute Gasteiger partial charge is 0.477 e. The minimum atomic E-state index is -0.231. The maximum atomic E-state index is 6.78. The summed E-state index contributed by atoms with van der Waals surface area (Å²) in [6.45, 7) is 0. The van der Waals surface area contributed by atoms with E-state index in [0.717, 1.165) is 33.4 Å². The number of rotatable bonds is 2. The zero-order valence-electron chi connectivity index (χ0n) is 16.4. The average molecular weight is 388 g/mol. The van der Waals surface area contributed by atoms with Crippen molar-refractivity contribution in [2.45, 2.75) is 12.2 Å². The first kappa shape index (κ1) is 17.1. The first-order valence-electron chi connectivity index (χ1n) is 10.3. The van der Waals surface area contributed by atoms with Crippen LogP contribution in [-0.4, -0.2) is 0 Å². The van der Waals surface area contributed by atoms with Crippen molar-refractivity contribution in [1.29, 1.82) is 0 Å². The summed E-state index contributed by atoms with van der Waals surface area (Å²) in [4.78, 5) is 0. The van der Waals surface area contributed by atoms with E-state index >= 15 is 0 Å². The van der Waals surface area contributed by atoms with Gasteiger partial charge in [0.05, 0.1) is 0 Å². The van der Waals surface area contributed by atoms with Crippen LogP contribution in [0.1, 0.15) is 23.3 Å². The van der Waals surface area contributed by atoms with Gasteiger partial charge in [-0.3, -0.25) is 0 Å². The molecule has 5 aromatic rings. The first-order chi connectivity index (χ1) is 14.9. The van der Waals surface area contributed by atoms with Gasteiger partial charge in [0.15, 0.2) is 23.7 Å². The minimum absolute atomic E-state index is 0.231. The van der Waals surface area contributed by atoms with E-state index in [9.17, 15) is 0 Å². The first-order valence-corrected chi connectivity index (χ1v) is 10.3. The van der Waals surface area contributed by atoms with Crippen LogP contribution in [0.25, 0.3) is 21.5 Å². The molecule has 0 saturated heterocycles. The molecule has 2 atom stereocenters. The second kappa shape index (κ2) is 6.93. The Kier molecular flexibility index (Phi) is 3.95. The predicted octanol–water partition coefficient (Wildman–Crippen LogP) is 7.25. The summed E-state index contributed by atoms with van der Waals surface area (Å²) >= 11 is 0. The number of benzene rings is 5. The molecule has 6 rings (SSSR count). The number of hydrogen-bond donors (Lipinski definition) is 0. The molecule has 144 valence electrons. The van der Waals surface area contributed by atoms with Gasteiger partial charge in [-0.05, 0) is 21.9 Å². The maximum absolute atomic E-state index is 6.78. The van der Waals surface area contributed by atoms with E-state index in [-0.39, 0.29) is 12.2 Å². The molecule has 0 amide bonds. The van der Waals surface area contributed by atoms with Crippen molar-refractivity contribution in [3.05, 3.63) is 120 Å². The summed E-state index contributed by atoms with van der Waals surface area (Å²) in [6, 6.07) is 37.5. The molecule has 0 aliphatic carbocycles. The van der Waals surface area contributed by atoms with Crippen molar-refractivity contribution in [2.24, 2.45) is 0 Å². The third-order valence-corrected chi connectivity index (χ3v) is 5.86. The van der Waals surface area contributed by atoms with Crippen LogP contribution in [-0.2, 0) is 0 Å². The van der Waals surface area contributed by atoms with E-state index < -0.39 is 0 Å². The van der Waals surface area contributed by atoms with E-state index in [4.69, 9.17) is 9.47 Å². The standard InChI is InChI=1S/C28H20O2/c1-3-11-19(12-4-1)25-26(20-13-5-2-6-14-20)30-28-24-18-10-8-16-22(24)21-15-7-9-17-23(21)27(28)29-25/h1-18,25-26H/t25-,26+. The van der Waals surface area contributed by atoms with Crippen molar-refractivity contribution in [3.63, 3.8) is 0 Å². The van der Waals surface area contributed by atoms with Gasteiger partial charge in [0.2, 0.25) is 0 Å². The normalized spacial score (nSPS) is 17.9. The lowest BCUT2D eigenvalue weighted by Gasteiger charge is -2.36. The zero-order chi connectivity index (χ0) is 19.9. The molecule has 1 aliphatic rings. The molecule has 0 spiro atoms. The molecule has 1 aliphatic heterocycles. The highest BCUT2D eigenvalue weighted by Crippen LogP contribution is 2.52. The van der Waals surface area contributed by atoms with Crippen LogP contribution in [0.4, 0.5) is 0 Å². The lowest BCUT2D eigenvalue weighted by atomic mass is 9.94. The highest BCUT2D eigenvalue weighted by Gasteiger charge is 2.36. The monoisotopic (exact) mass is 388 g/mol. The highest BCUT2D eigenvalue weighted by atomic mass is 16.6. The molecular formula is C28H20O2. The second-order valence-corrected chi connectivity index (χ2v) is 7.65. The Morgan fingerprint density at radius 3 is 1.10 bits per heavy atom. The van der Waals surface area contributed by atoms with Crippen LogP contribution < -0.4 is 9.47 Å². The molecule has 2 nitrogen and oxygen atoms in total. The van der Waals surface area contributed by atoms with Crippen LogP contribution in [0.5, 0.6) is 11.5 Å². The molecule has 2 heteroatoms. The van der Waals surface area contributed by atoms with Crippen LogP contribution in [0.3, 0.4) is 0 Å². The van der Waals surface area contributed by atoms with Crippen LogP contribution >= 0.6 is 0 Å². The Labute approximate surface area is 175 Å². The van der Waals surface area contributed by atoms with Crippen molar-refractivity contribution in [3.8, 4) is 11.5 Å². The van der Waals surface area contributed by atoms with Gasteiger partial charge in [0.25, 0.3) is 0 Å². The van der Waals surface area contributed by atoms with Gasteiger partial charge < -0.3 is 9.47 Å². The van der Waals surface area contributed by atoms with Gasteiger partial charge in [0.1, 0.15) is 0 Å². The van der Waals surface area contributed by atoms with E-state index in [1.807, 2.05) is 12.1 Å². The third kappa shape index (κ3) is 2.65. The van der Waals surface area contributed by atoms with Crippen molar-refractivity contribution < 1.29 is 9.47 Å². The molecule has 0 saturated carbocycles. The van der Waals surface area contributed by atoms with Crippen LogP contribution in [0.15, 0.2) is 109 Å². The van der Waals surface area contributed by atoms with Crippen LogP contribution in [0, 0.1) is 0 Å². The average Bonchev–Trinajstić information content (AvgIpc) is 2.84. The second-order valence-electron chi connectivity index (χ2n) is 7.65. The maximum Gasteiger partial charge on any atom is 0.170 e. The molecule has 30 heavy (non-hydrogen) atoms. The van der Waals surface area contributed by atoms with Crippen molar-refractivity contribution in [1.82, 2.24) is 0 Å². The Balaban J connectivity index is 1.63. The number of ether oxygens (including phenoxy) is 2. The molecule has 0 fully saturated rings. The van der Waals surface area contributed by atoms with Gasteiger partial charge >= 0.3 is 0 Å². The van der Waals surface area contributed by atoms with Crippen LogP contribution in [0.2, 0.25) is 0 Å². The van der Waals surface area contributed by atoms with Gasteiger partial charge in [-0.15, -0.1) is 0 Å². The smallest absolute Gasteiger partial charge is 0.170 e. The SMILES string of the molecule is c1ccc([C@H]2Oc3c(c4ccccc4c4ccccc34)O[C@H]2c2ccccc2)cc1. The van der Waals surface area contributed by atoms with Gasteiger partial charge in [0, 0.05) is 10.8 Å². The summed E-state index contributed by atoms with van der Waals surface area (Å²) in [5.41, 5.74) is 2.21. The summed E-state index contributed by atoms with van der Waals surface area (Å²) in [5, 5.41) is 4.53. The topological polar surface area (TPSA) is 18.5 Å². The van der Waals surface area contributed by atoms with E-state index in [1.165, 1.54) is 10.8 Å². The van der Waals surface area contributed by atoms with E-state index in [2.05, 4.69) is 97.1 Å². The van der Waals surface area contributed by atoms with Gasteiger partial charge in [-0.25, -0.2) is 0 Å². The number of fused-ring (bicyclic) bond motifs is 6. The molecule has 5 aromatic carbocycles. The lowest BCUT2D eigenvalue weighted by Crippen LogP contribution is -2.26. The highest BCUT2D eigenvalue weighted by molar-refractivity contribution is 6.13. The van der Waals surface area contributed by atoms with E-state index in [0.29, 0.717) is 0 Å². The van der Waals surface area contributed by atoms with Gasteiger partial charge in [-0.2, -0.15) is 0 Å². The summed E-state index contributed by atoms with van der Waals surface area (Å²) in [6.07, 6.45) is -0.462. The molecule has 0 bridgehead atoms. The molecule has 1 heterocycles. The molecule has 0 aromatic heterocycles. The summed E-state index contributed by atoms with van der Waals surface area (Å²) in [7, 11) is 0. The van der Waals surface area contributed by atoms with E-state index in [1.54, 1.807) is 0 Å². The van der Waals surface area contributed by atoms with Gasteiger partial charge in [-0.1, -0.05) is 109 Å². The molecular weight excluding hydrogens is 368 g/mol. The molecule has 0 radical (unpaired) electrons. The summed E-state index contributed by atoms with van der Waals surface area (Å²) in [5.74, 6) is 1.65. The summed E-state index contributed by atoms with van der Waals surface area (Å²) < 4.78 is 13.6. The fourth-order valence-corrected chi connectivity index (χ4v) is 4.46. The lowest BCUT2D eigenvalue weighted by molar-refractivity contribution is 0.0215. The molecule has 0 N–H and O–H groups in total. The quantitative estimate of drug-likeness (QED) is 0.297. The fraction of sp³-hybridized carbons (Fsp3) is 0.0714. The third-order valence-electron chi connectivity index (χ3n) is 5.86. The molecule has 0 unspecified atom stereocenters. The minimum Gasteiger partial charge on any atom is -0.477 e. The van der Waals surface area contributed by atoms with Crippen molar-refractivity contribution >= 4 is 21.5 Å². The Bertz CT molecular complexity index is 1240. The number of hydrogen-bond acceptors (Lipinski definition) is 2. The fourth-order valence-electron chi connectivity index (χ4n) is 4.46. The Morgan fingerprint density at radius 2 is 0.700 bits per heavy atom.